The van der Waals surface area contributed by atoms with Gasteiger partial charge in [0.2, 0.25) is 0 Å². The van der Waals surface area contributed by atoms with Crippen LogP contribution in [-0.4, -0.2) is 39.0 Å². The molecule has 0 atom stereocenters. The Balaban J connectivity index is 0. The zero-order chi connectivity index (χ0) is 12.4. The molecule has 0 aromatic carbocycles. The maximum atomic E-state index is 10.5. The van der Waals surface area contributed by atoms with Gasteiger partial charge in [0.05, 0.1) is 6.42 Å². The van der Waals surface area contributed by atoms with Crippen LogP contribution in [-0.2, 0) is 19.2 Å². The van der Waals surface area contributed by atoms with Gasteiger partial charge < -0.3 is 15.3 Å². The minimum atomic E-state index is -1.22. The summed E-state index contributed by atoms with van der Waals surface area (Å²) in [5, 5.41) is 23.6. The number of Topliss-reactive ketones (excluding diaryl/α,β-unsaturated/α-hetero) is 1. The van der Waals surface area contributed by atoms with Gasteiger partial charge >= 0.3 is 11.9 Å². The normalized spacial score (nSPS) is 8.33. The van der Waals surface area contributed by atoms with Crippen molar-refractivity contribution in [1.82, 2.24) is 0 Å². The number of aliphatic carboxylic acids is 3. The summed E-state index contributed by atoms with van der Waals surface area (Å²) >= 11 is 0. The van der Waals surface area contributed by atoms with Crippen molar-refractivity contribution in [2.45, 2.75) is 26.2 Å². The third-order valence-corrected chi connectivity index (χ3v) is 0.966. The van der Waals surface area contributed by atoms with Gasteiger partial charge in [0, 0.05) is 13.3 Å². The Morgan fingerprint density at radius 3 is 1.53 bits per heavy atom. The molecule has 0 bridgehead atoms. The minimum Gasteiger partial charge on any atom is -0.481 e. The summed E-state index contributed by atoms with van der Waals surface area (Å²) in [5.41, 5.74) is 0. The molecule has 0 aromatic heterocycles. The molecule has 0 aliphatic rings. The highest BCUT2D eigenvalue weighted by atomic mass is 16.4. The third kappa shape index (κ3) is 24.5. The molecule has 0 aliphatic heterocycles. The highest BCUT2D eigenvalue weighted by molar-refractivity contribution is 5.95. The van der Waals surface area contributed by atoms with Crippen molar-refractivity contribution in [3.63, 3.8) is 0 Å². The molecule has 86 valence electrons. The van der Waals surface area contributed by atoms with Gasteiger partial charge in [-0.25, -0.2) is 0 Å². The molecule has 0 amide bonds. The Labute approximate surface area is 85.3 Å². The second-order valence-corrected chi connectivity index (χ2v) is 2.52. The number of carbonyl (C=O) groups is 4. The van der Waals surface area contributed by atoms with E-state index in [0.29, 0.717) is 0 Å². The summed E-state index contributed by atoms with van der Waals surface area (Å²) < 4.78 is 0. The zero-order valence-corrected chi connectivity index (χ0v) is 8.10. The summed E-state index contributed by atoms with van der Waals surface area (Å²) in [7, 11) is 0. The summed E-state index contributed by atoms with van der Waals surface area (Å²) in [6.07, 6.45) is -1.10. The molecule has 0 radical (unpaired) electrons. The molecular formula is C8H12O7. The lowest BCUT2D eigenvalue weighted by atomic mass is 10.2. The fourth-order valence-corrected chi connectivity index (χ4v) is 0.503. The summed E-state index contributed by atoms with van der Waals surface area (Å²) in [6, 6.07) is 0. The van der Waals surface area contributed by atoms with Gasteiger partial charge in [0.1, 0.15) is 12.2 Å². The van der Waals surface area contributed by atoms with E-state index in [0.717, 1.165) is 6.92 Å². The van der Waals surface area contributed by atoms with Crippen molar-refractivity contribution in [2.24, 2.45) is 0 Å². The maximum Gasteiger partial charge on any atom is 0.310 e. The van der Waals surface area contributed by atoms with Crippen LogP contribution in [0.3, 0.4) is 0 Å². The van der Waals surface area contributed by atoms with Crippen molar-refractivity contribution in [3.8, 4) is 0 Å². The molecular weight excluding hydrogens is 208 g/mol. The van der Waals surface area contributed by atoms with E-state index in [4.69, 9.17) is 20.1 Å². The van der Waals surface area contributed by atoms with Crippen LogP contribution in [0.25, 0.3) is 0 Å². The molecule has 0 saturated heterocycles. The largest absolute Gasteiger partial charge is 0.481 e. The molecule has 0 saturated carbocycles. The van der Waals surface area contributed by atoms with Crippen LogP contribution in [0.1, 0.15) is 26.2 Å². The fourth-order valence-electron chi connectivity index (χ4n) is 0.503. The Morgan fingerprint density at radius 1 is 0.867 bits per heavy atom. The first kappa shape index (κ1) is 15.5. The van der Waals surface area contributed by atoms with Crippen molar-refractivity contribution in [3.05, 3.63) is 0 Å². The van der Waals surface area contributed by atoms with E-state index in [9.17, 15) is 14.4 Å². The topological polar surface area (TPSA) is 129 Å². The SMILES string of the molecule is CC(=O)O.O=C(O)CCC(=O)CC(=O)O. The maximum absolute atomic E-state index is 10.5. The average molecular weight is 220 g/mol. The number of rotatable bonds is 5. The lowest BCUT2D eigenvalue weighted by molar-refractivity contribution is -0.142. The number of hydrogen-bond donors (Lipinski definition) is 3. The Kier molecular flexibility index (Phi) is 8.98. The smallest absolute Gasteiger partial charge is 0.310 e. The molecule has 0 aliphatic carbocycles. The quantitative estimate of drug-likeness (QED) is 0.555. The van der Waals surface area contributed by atoms with Gasteiger partial charge in [0.25, 0.3) is 5.97 Å². The van der Waals surface area contributed by atoms with E-state index >= 15 is 0 Å². The molecule has 0 heterocycles. The van der Waals surface area contributed by atoms with E-state index in [1.54, 1.807) is 0 Å². The Bertz CT molecular complexity index is 252. The number of carboxylic acid groups (broad SMARTS) is 3. The third-order valence-electron chi connectivity index (χ3n) is 0.966. The lowest BCUT2D eigenvalue weighted by Gasteiger charge is -1.92. The second kappa shape index (κ2) is 8.67. The van der Waals surface area contributed by atoms with Gasteiger partial charge in [0.15, 0.2) is 0 Å². The molecule has 7 heteroatoms. The molecule has 3 N–H and O–H groups in total. The predicted molar refractivity (Wildman–Crippen MR) is 47.4 cm³/mol. The first-order valence-electron chi connectivity index (χ1n) is 3.90. The van der Waals surface area contributed by atoms with E-state index < -0.39 is 30.1 Å². The first-order valence-corrected chi connectivity index (χ1v) is 3.90. The summed E-state index contributed by atoms with van der Waals surface area (Å²) in [5.74, 6) is -3.70. The highest BCUT2D eigenvalue weighted by Crippen LogP contribution is 1.94. The monoisotopic (exact) mass is 220 g/mol. The first-order chi connectivity index (χ1) is 6.75. The lowest BCUT2D eigenvalue weighted by Crippen LogP contribution is -2.08. The molecule has 15 heavy (non-hydrogen) atoms. The van der Waals surface area contributed by atoms with Gasteiger partial charge in [-0.05, 0) is 0 Å². The van der Waals surface area contributed by atoms with Crippen molar-refractivity contribution >= 4 is 23.7 Å². The van der Waals surface area contributed by atoms with Gasteiger partial charge in [-0.3, -0.25) is 19.2 Å². The standard InChI is InChI=1S/C6H8O5.C2H4O2/c7-4(3-6(10)11)1-2-5(8)9;1-2(3)4/h1-3H2,(H,8,9)(H,10,11);1H3,(H,3,4). The van der Waals surface area contributed by atoms with E-state index in [-0.39, 0.29) is 12.8 Å². The minimum absolute atomic E-state index is 0.207. The van der Waals surface area contributed by atoms with Crippen molar-refractivity contribution in [2.75, 3.05) is 0 Å². The number of hydrogen-bond acceptors (Lipinski definition) is 4. The molecule has 7 nitrogen and oxygen atoms in total. The Morgan fingerprint density at radius 2 is 1.27 bits per heavy atom. The zero-order valence-electron chi connectivity index (χ0n) is 8.10. The second-order valence-electron chi connectivity index (χ2n) is 2.52. The van der Waals surface area contributed by atoms with Crippen LogP contribution >= 0.6 is 0 Å². The van der Waals surface area contributed by atoms with E-state index in [1.165, 1.54) is 0 Å². The Hall–Kier alpha value is -1.92. The highest BCUT2D eigenvalue weighted by Gasteiger charge is 2.08. The van der Waals surface area contributed by atoms with Crippen LogP contribution < -0.4 is 0 Å². The van der Waals surface area contributed by atoms with Crippen LogP contribution in [0.15, 0.2) is 0 Å². The van der Waals surface area contributed by atoms with Crippen LogP contribution in [0.4, 0.5) is 0 Å². The number of ketones is 1. The molecule has 0 rings (SSSR count). The number of carboxylic acids is 3. The van der Waals surface area contributed by atoms with E-state index in [1.807, 2.05) is 0 Å². The fraction of sp³-hybridized carbons (Fsp3) is 0.500. The predicted octanol–water partition coefficient (Wildman–Crippen LogP) is -0.0141. The van der Waals surface area contributed by atoms with Crippen molar-refractivity contribution < 1.29 is 34.5 Å². The van der Waals surface area contributed by atoms with Crippen LogP contribution in [0, 0.1) is 0 Å². The van der Waals surface area contributed by atoms with Crippen LogP contribution in [0.2, 0.25) is 0 Å². The summed E-state index contributed by atoms with van der Waals surface area (Å²) in [4.78, 5) is 39.3. The average Bonchev–Trinajstić information content (AvgIpc) is 1.98. The van der Waals surface area contributed by atoms with Gasteiger partial charge in [-0.1, -0.05) is 0 Å². The molecule has 0 spiro atoms. The van der Waals surface area contributed by atoms with Gasteiger partial charge in [-0.15, -0.1) is 0 Å². The van der Waals surface area contributed by atoms with Crippen LogP contribution in [0.5, 0.6) is 0 Å². The molecule has 0 aromatic rings. The molecule has 0 unspecified atom stereocenters. The van der Waals surface area contributed by atoms with Crippen molar-refractivity contribution in [1.29, 1.82) is 0 Å². The van der Waals surface area contributed by atoms with E-state index in [2.05, 4.69) is 0 Å². The summed E-state index contributed by atoms with van der Waals surface area (Å²) in [6.45, 7) is 1.08. The number of carbonyl (C=O) groups excluding carboxylic acids is 1. The van der Waals surface area contributed by atoms with Gasteiger partial charge in [-0.2, -0.15) is 0 Å². The molecule has 0 fully saturated rings.